The Morgan fingerprint density at radius 3 is 2.62 bits per heavy atom. The van der Waals surface area contributed by atoms with Crippen LogP contribution in [-0.2, 0) is 6.18 Å². The highest BCUT2D eigenvalue weighted by Crippen LogP contribution is 2.39. The molecule has 2 heterocycles. The molecule has 0 aliphatic carbocycles. The average molecular weight is 296 g/mol. The molecule has 0 spiro atoms. The van der Waals surface area contributed by atoms with Crippen LogP contribution in [0.5, 0.6) is 0 Å². The summed E-state index contributed by atoms with van der Waals surface area (Å²) in [6.07, 6.45) is -0.420. The molecule has 0 atom stereocenters. The summed E-state index contributed by atoms with van der Waals surface area (Å²) in [5.74, 6) is -0.945. The Hall–Kier alpha value is -2.64. The fourth-order valence-electron chi connectivity index (χ4n) is 2.08. The molecule has 3 rings (SSSR count). The smallest absolute Gasteiger partial charge is 0.383 e. The van der Waals surface area contributed by atoms with Crippen LogP contribution >= 0.6 is 0 Å². The van der Waals surface area contributed by atoms with E-state index < -0.39 is 17.6 Å². The van der Waals surface area contributed by atoms with Crippen molar-refractivity contribution >= 4 is 11.5 Å². The van der Waals surface area contributed by atoms with Crippen LogP contribution in [-0.4, -0.2) is 14.4 Å². The summed E-state index contributed by atoms with van der Waals surface area (Å²) in [5, 5.41) is 0. The fraction of sp³-hybridized carbons (Fsp3) is 0.0769. The molecule has 0 bridgehead atoms. The second kappa shape index (κ2) is 4.44. The Morgan fingerprint density at radius 2 is 1.95 bits per heavy atom. The third kappa shape index (κ3) is 2.18. The van der Waals surface area contributed by atoms with E-state index in [1.165, 1.54) is 23.0 Å². The van der Waals surface area contributed by atoms with Crippen molar-refractivity contribution < 1.29 is 17.6 Å². The summed E-state index contributed by atoms with van der Waals surface area (Å²) in [6, 6.07) is 2.38. The molecule has 1 aromatic carbocycles. The zero-order valence-electron chi connectivity index (χ0n) is 10.4. The quantitative estimate of drug-likeness (QED) is 0.702. The number of anilines is 1. The van der Waals surface area contributed by atoms with E-state index in [1.54, 1.807) is 0 Å². The van der Waals surface area contributed by atoms with Gasteiger partial charge in [0.2, 0.25) is 0 Å². The molecule has 0 saturated carbocycles. The maximum atomic E-state index is 13.1. The lowest BCUT2D eigenvalue weighted by atomic mass is 10.0. The SMILES string of the molecule is Nc1c(-c2ccc(F)cc2C(F)(F)F)nc2cnccn12. The van der Waals surface area contributed by atoms with Crippen LogP contribution in [0.25, 0.3) is 16.9 Å². The van der Waals surface area contributed by atoms with Gasteiger partial charge in [-0.15, -0.1) is 0 Å². The largest absolute Gasteiger partial charge is 0.417 e. The highest BCUT2D eigenvalue weighted by Gasteiger charge is 2.35. The summed E-state index contributed by atoms with van der Waals surface area (Å²) < 4.78 is 53.7. The lowest BCUT2D eigenvalue weighted by molar-refractivity contribution is -0.137. The van der Waals surface area contributed by atoms with Crippen LogP contribution in [0.4, 0.5) is 23.4 Å². The molecular weight excluding hydrogens is 288 g/mol. The Labute approximate surface area is 115 Å². The predicted octanol–water partition coefficient (Wildman–Crippen LogP) is 3.14. The minimum absolute atomic E-state index is 0.0320. The van der Waals surface area contributed by atoms with Gasteiger partial charge >= 0.3 is 6.18 Å². The lowest BCUT2D eigenvalue weighted by Crippen LogP contribution is -2.08. The molecule has 2 aromatic heterocycles. The van der Waals surface area contributed by atoms with E-state index in [1.807, 2.05) is 0 Å². The topological polar surface area (TPSA) is 56.2 Å². The van der Waals surface area contributed by atoms with Gasteiger partial charge in [-0.05, 0) is 18.2 Å². The molecule has 0 amide bonds. The van der Waals surface area contributed by atoms with Crippen LogP contribution in [0.2, 0.25) is 0 Å². The second-order valence-corrected chi connectivity index (χ2v) is 4.34. The van der Waals surface area contributed by atoms with E-state index >= 15 is 0 Å². The maximum Gasteiger partial charge on any atom is 0.417 e. The van der Waals surface area contributed by atoms with Crippen LogP contribution in [0.3, 0.4) is 0 Å². The first-order chi connectivity index (χ1) is 9.88. The Balaban J connectivity index is 2.31. The van der Waals surface area contributed by atoms with Crippen molar-refractivity contribution in [3.8, 4) is 11.3 Å². The first kappa shape index (κ1) is 13.3. The number of hydrogen-bond donors (Lipinski definition) is 1. The highest BCUT2D eigenvalue weighted by molar-refractivity contribution is 5.77. The normalized spacial score (nSPS) is 12.0. The Kier molecular flexibility index (Phi) is 2.82. The zero-order chi connectivity index (χ0) is 15.2. The highest BCUT2D eigenvalue weighted by atomic mass is 19.4. The number of benzene rings is 1. The third-order valence-electron chi connectivity index (χ3n) is 3.01. The number of nitrogen functional groups attached to an aromatic ring is 1. The number of rotatable bonds is 1. The second-order valence-electron chi connectivity index (χ2n) is 4.34. The summed E-state index contributed by atoms with van der Waals surface area (Å²) >= 11 is 0. The number of hydrogen-bond acceptors (Lipinski definition) is 3. The van der Waals surface area contributed by atoms with Gasteiger partial charge in [-0.2, -0.15) is 13.2 Å². The van der Waals surface area contributed by atoms with Crippen LogP contribution in [0.15, 0.2) is 36.8 Å². The van der Waals surface area contributed by atoms with Gasteiger partial charge < -0.3 is 5.73 Å². The molecular formula is C13H8F4N4. The molecule has 0 fully saturated rings. The van der Waals surface area contributed by atoms with Gasteiger partial charge in [0, 0.05) is 18.0 Å². The van der Waals surface area contributed by atoms with Crippen LogP contribution in [0.1, 0.15) is 5.56 Å². The van der Waals surface area contributed by atoms with Gasteiger partial charge in [-0.1, -0.05) is 0 Å². The molecule has 21 heavy (non-hydrogen) atoms. The van der Waals surface area contributed by atoms with E-state index in [-0.39, 0.29) is 17.1 Å². The fourth-order valence-corrected chi connectivity index (χ4v) is 2.08. The van der Waals surface area contributed by atoms with Crippen molar-refractivity contribution in [1.29, 1.82) is 0 Å². The van der Waals surface area contributed by atoms with Crippen LogP contribution in [0, 0.1) is 5.82 Å². The van der Waals surface area contributed by atoms with Crippen molar-refractivity contribution in [2.24, 2.45) is 0 Å². The number of imidazole rings is 1. The summed E-state index contributed by atoms with van der Waals surface area (Å²) in [5.41, 5.74) is 4.69. The van der Waals surface area contributed by atoms with Crippen LogP contribution < -0.4 is 5.73 Å². The average Bonchev–Trinajstić information content (AvgIpc) is 2.76. The standard InChI is InChI=1S/C13H8F4N4/c14-7-1-2-8(9(5-7)13(15,16)17)11-12(18)21-4-3-19-6-10(21)20-11/h1-6H,18H2. The summed E-state index contributed by atoms with van der Waals surface area (Å²) in [4.78, 5) is 7.86. The molecule has 0 aliphatic heterocycles. The molecule has 4 nitrogen and oxygen atoms in total. The number of alkyl halides is 3. The zero-order valence-corrected chi connectivity index (χ0v) is 10.4. The predicted molar refractivity (Wildman–Crippen MR) is 67.8 cm³/mol. The van der Waals surface area contributed by atoms with E-state index in [2.05, 4.69) is 9.97 Å². The Bertz CT molecular complexity index is 823. The van der Waals surface area contributed by atoms with E-state index in [0.29, 0.717) is 11.7 Å². The molecule has 3 aromatic rings. The van der Waals surface area contributed by atoms with Gasteiger partial charge in [-0.25, -0.2) is 9.37 Å². The lowest BCUT2D eigenvalue weighted by Gasteiger charge is -2.11. The van der Waals surface area contributed by atoms with Crippen molar-refractivity contribution in [2.75, 3.05) is 5.73 Å². The van der Waals surface area contributed by atoms with Crippen molar-refractivity contribution in [3.63, 3.8) is 0 Å². The van der Waals surface area contributed by atoms with Gasteiger partial charge in [0.15, 0.2) is 5.65 Å². The van der Waals surface area contributed by atoms with E-state index in [9.17, 15) is 17.6 Å². The van der Waals surface area contributed by atoms with Crippen molar-refractivity contribution in [1.82, 2.24) is 14.4 Å². The van der Waals surface area contributed by atoms with Crippen molar-refractivity contribution in [3.05, 3.63) is 48.2 Å². The molecule has 0 radical (unpaired) electrons. The number of aromatic nitrogens is 3. The maximum absolute atomic E-state index is 13.1. The molecule has 8 heteroatoms. The summed E-state index contributed by atoms with van der Waals surface area (Å²) in [6.45, 7) is 0. The van der Waals surface area contributed by atoms with E-state index in [0.717, 1.165) is 12.1 Å². The molecule has 0 saturated heterocycles. The van der Waals surface area contributed by atoms with Gasteiger partial charge in [0.05, 0.1) is 11.8 Å². The van der Waals surface area contributed by atoms with Gasteiger partial charge in [-0.3, -0.25) is 9.38 Å². The van der Waals surface area contributed by atoms with Gasteiger partial charge in [0.1, 0.15) is 17.3 Å². The Morgan fingerprint density at radius 1 is 1.19 bits per heavy atom. The minimum Gasteiger partial charge on any atom is -0.383 e. The number of nitrogens with two attached hydrogens (primary N) is 1. The first-order valence-electron chi connectivity index (χ1n) is 5.82. The summed E-state index contributed by atoms with van der Waals surface area (Å²) in [7, 11) is 0. The molecule has 2 N–H and O–H groups in total. The number of halogens is 4. The third-order valence-corrected chi connectivity index (χ3v) is 3.01. The number of nitrogens with zero attached hydrogens (tertiary/aromatic N) is 3. The minimum atomic E-state index is -4.71. The molecule has 0 unspecified atom stereocenters. The van der Waals surface area contributed by atoms with Gasteiger partial charge in [0.25, 0.3) is 0 Å². The number of fused-ring (bicyclic) bond motifs is 1. The first-order valence-corrected chi connectivity index (χ1v) is 5.82. The molecule has 108 valence electrons. The monoisotopic (exact) mass is 296 g/mol. The molecule has 0 aliphatic rings. The van der Waals surface area contributed by atoms with E-state index in [4.69, 9.17) is 5.73 Å². The van der Waals surface area contributed by atoms with Crippen molar-refractivity contribution in [2.45, 2.75) is 6.18 Å².